The molecule has 0 saturated heterocycles. The van der Waals surface area contributed by atoms with Crippen LogP contribution in [0.3, 0.4) is 0 Å². The second-order valence-electron chi connectivity index (χ2n) is 7.97. The third-order valence-electron chi connectivity index (χ3n) is 5.63. The molecule has 1 fully saturated rings. The molecule has 31 heavy (non-hydrogen) atoms. The number of pyridine rings is 1. The fourth-order valence-corrected chi connectivity index (χ4v) is 4.10. The maximum Gasteiger partial charge on any atom is 0.339 e. The molecule has 6 heteroatoms. The molecule has 0 bridgehead atoms. The molecule has 1 aromatic heterocycles. The van der Waals surface area contributed by atoms with Gasteiger partial charge in [0, 0.05) is 16.5 Å². The smallest absolute Gasteiger partial charge is 0.339 e. The summed E-state index contributed by atoms with van der Waals surface area (Å²) >= 11 is 6.00. The van der Waals surface area contributed by atoms with Crippen molar-refractivity contribution in [3.05, 3.63) is 75.9 Å². The molecule has 2 aliphatic carbocycles. The molecule has 2 aliphatic rings. The first-order valence-electron chi connectivity index (χ1n) is 10.4. The highest BCUT2D eigenvalue weighted by Gasteiger charge is 2.28. The summed E-state index contributed by atoms with van der Waals surface area (Å²) in [5.41, 5.74) is 5.06. The number of rotatable bonds is 5. The van der Waals surface area contributed by atoms with Crippen molar-refractivity contribution in [1.82, 2.24) is 10.3 Å². The number of benzene rings is 2. The van der Waals surface area contributed by atoms with Crippen LogP contribution in [0.1, 0.15) is 46.4 Å². The lowest BCUT2D eigenvalue weighted by atomic mass is 10.0. The van der Waals surface area contributed by atoms with Gasteiger partial charge in [0.1, 0.15) is 0 Å². The first kappa shape index (κ1) is 19.8. The molecule has 0 atom stereocenters. The number of halogens is 1. The largest absolute Gasteiger partial charge is 0.452 e. The number of nitrogens with one attached hydrogen (secondary N) is 1. The van der Waals surface area contributed by atoms with E-state index in [-0.39, 0.29) is 18.6 Å². The zero-order valence-electron chi connectivity index (χ0n) is 16.9. The van der Waals surface area contributed by atoms with Crippen LogP contribution in [0.5, 0.6) is 0 Å². The van der Waals surface area contributed by atoms with Crippen LogP contribution in [0, 0.1) is 0 Å². The quantitative estimate of drug-likeness (QED) is 0.587. The van der Waals surface area contributed by atoms with Crippen LogP contribution in [-0.4, -0.2) is 29.5 Å². The van der Waals surface area contributed by atoms with Crippen LogP contribution in [0.25, 0.3) is 22.6 Å². The molecule has 0 aliphatic heterocycles. The summed E-state index contributed by atoms with van der Waals surface area (Å²) in [5.74, 6) is -0.734. The topological polar surface area (TPSA) is 68.3 Å². The van der Waals surface area contributed by atoms with Crippen LogP contribution in [0.4, 0.5) is 0 Å². The minimum absolute atomic E-state index is 0.234. The number of esters is 1. The number of amides is 1. The van der Waals surface area contributed by atoms with Gasteiger partial charge < -0.3 is 10.1 Å². The molecule has 5 nitrogen and oxygen atoms in total. The number of hydrogen-bond acceptors (Lipinski definition) is 4. The first-order valence-corrected chi connectivity index (χ1v) is 10.8. The van der Waals surface area contributed by atoms with Crippen molar-refractivity contribution in [3.8, 4) is 0 Å². The summed E-state index contributed by atoms with van der Waals surface area (Å²) in [6, 6.07) is 15.4. The lowest BCUT2D eigenvalue weighted by Crippen LogP contribution is -2.30. The maximum atomic E-state index is 13.1. The van der Waals surface area contributed by atoms with Gasteiger partial charge in [0.05, 0.1) is 16.8 Å². The number of ether oxygens (including phenoxy) is 1. The molecule has 156 valence electrons. The van der Waals surface area contributed by atoms with Crippen molar-refractivity contribution in [1.29, 1.82) is 0 Å². The molecule has 0 radical (unpaired) electrons. The maximum absolute atomic E-state index is 13.1. The van der Waals surface area contributed by atoms with E-state index in [9.17, 15) is 9.59 Å². The Hall–Kier alpha value is -3.18. The molecule has 1 N–H and O–H groups in total. The first-order chi connectivity index (χ1) is 15.1. The van der Waals surface area contributed by atoms with Gasteiger partial charge in [0.2, 0.25) is 0 Å². The molecule has 2 aromatic carbocycles. The van der Waals surface area contributed by atoms with Gasteiger partial charge in [0.15, 0.2) is 6.61 Å². The third-order valence-corrected chi connectivity index (χ3v) is 5.89. The Kier molecular flexibility index (Phi) is 5.20. The molecular weight excluding hydrogens is 412 g/mol. The van der Waals surface area contributed by atoms with E-state index >= 15 is 0 Å². The molecule has 0 spiro atoms. The van der Waals surface area contributed by atoms with E-state index < -0.39 is 5.97 Å². The van der Waals surface area contributed by atoms with Crippen LogP contribution < -0.4 is 5.32 Å². The summed E-state index contributed by atoms with van der Waals surface area (Å²) in [6.07, 6.45) is 5.55. The standard InChI is InChI=1S/C25H21ClN2O3/c26-17-8-5-15(6-9-17)13-16-7-12-20-23(19-3-1-2-4-21(19)28-24(16)20)25(30)31-14-22(29)27-18-10-11-18/h1-6,8-9,13,18H,7,10-12,14H2,(H,27,29)/b16-13+. The predicted molar refractivity (Wildman–Crippen MR) is 121 cm³/mol. The second kappa shape index (κ2) is 8.16. The van der Waals surface area contributed by atoms with Crippen LogP contribution in [0.2, 0.25) is 5.02 Å². The number of allylic oxidation sites excluding steroid dienone is 1. The third kappa shape index (κ3) is 4.19. The van der Waals surface area contributed by atoms with E-state index in [0.717, 1.165) is 52.6 Å². The number of para-hydroxylation sites is 1. The average molecular weight is 433 g/mol. The summed E-state index contributed by atoms with van der Waals surface area (Å²) in [4.78, 5) is 29.9. The van der Waals surface area contributed by atoms with Crippen LogP contribution in [0.15, 0.2) is 48.5 Å². The van der Waals surface area contributed by atoms with Gasteiger partial charge >= 0.3 is 5.97 Å². The second-order valence-corrected chi connectivity index (χ2v) is 8.41. The Morgan fingerprint density at radius 1 is 1.10 bits per heavy atom. The Morgan fingerprint density at radius 2 is 1.87 bits per heavy atom. The fraction of sp³-hybridized carbons (Fsp3) is 0.240. The van der Waals surface area contributed by atoms with Crippen molar-refractivity contribution >= 4 is 46.0 Å². The van der Waals surface area contributed by atoms with Crippen molar-refractivity contribution in [2.75, 3.05) is 6.61 Å². The van der Waals surface area contributed by atoms with E-state index in [4.69, 9.17) is 21.3 Å². The molecule has 1 heterocycles. The van der Waals surface area contributed by atoms with E-state index in [2.05, 4.69) is 11.4 Å². The Labute approximate surface area is 185 Å². The van der Waals surface area contributed by atoms with E-state index in [1.165, 1.54) is 0 Å². The van der Waals surface area contributed by atoms with Crippen molar-refractivity contribution in [2.45, 2.75) is 31.7 Å². The monoisotopic (exact) mass is 432 g/mol. The number of hydrogen-bond donors (Lipinski definition) is 1. The SMILES string of the molecule is O=C(COC(=O)c1c2c(nc3ccccc13)/C(=C/c1ccc(Cl)cc1)CC2)NC1CC1. The minimum atomic E-state index is -0.478. The molecule has 0 unspecified atom stereocenters. The Bertz CT molecular complexity index is 1210. The van der Waals surface area contributed by atoms with Gasteiger partial charge in [-0.3, -0.25) is 4.79 Å². The molecule has 1 amide bonds. The number of nitrogens with zero attached hydrogens (tertiary/aromatic N) is 1. The molecule has 3 aromatic rings. The summed E-state index contributed by atoms with van der Waals surface area (Å²) in [5, 5.41) is 4.28. The van der Waals surface area contributed by atoms with E-state index in [1.54, 1.807) is 0 Å². The number of fused-ring (bicyclic) bond motifs is 2. The summed E-state index contributed by atoms with van der Waals surface area (Å²) < 4.78 is 5.41. The lowest BCUT2D eigenvalue weighted by molar-refractivity contribution is -0.124. The van der Waals surface area contributed by atoms with Crippen LogP contribution >= 0.6 is 11.6 Å². The predicted octanol–water partition coefficient (Wildman–Crippen LogP) is 4.81. The van der Waals surface area contributed by atoms with Crippen LogP contribution in [-0.2, 0) is 16.0 Å². The van der Waals surface area contributed by atoms with Gasteiger partial charge in [-0.2, -0.15) is 0 Å². The van der Waals surface area contributed by atoms with Crippen molar-refractivity contribution < 1.29 is 14.3 Å². The highest BCUT2D eigenvalue weighted by Crippen LogP contribution is 2.37. The summed E-state index contributed by atoms with van der Waals surface area (Å²) in [7, 11) is 0. The summed E-state index contributed by atoms with van der Waals surface area (Å²) in [6.45, 7) is -0.270. The minimum Gasteiger partial charge on any atom is -0.452 e. The normalized spacial score (nSPS) is 16.4. The zero-order valence-corrected chi connectivity index (χ0v) is 17.6. The number of carbonyl (C=O) groups is 2. The molecular formula is C25H21ClN2O3. The highest BCUT2D eigenvalue weighted by atomic mass is 35.5. The Morgan fingerprint density at radius 3 is 2.65 bits per heavy atom. The Balaban J connectivity index is 1.50. The van der Waals surface area contributed by atoms with Crippen molar-refractivity contribution in [2.24, 2.45) is 0 Å². The van der Waals surface area contributed by atoms with Gasteiger partial charge in [0.25, 0.3) is 5.91 Å². The van der Waals surface area contributed by atoms with Gasteiger partial charge in [-0.15, -0.1) is 0 Å². The van der Waals surface area contributed by atoms with Crippen molar-refractivity contribution in [3.63, 3.8) is 0 Å². The van der Waals surface area contributed by atoms with Gasteiger partial charge in [-0.05, 0) is 66.7 Å². The van der Waals surface area contributed by atoms with Gasteiger partial charge in [-0.1, -0.05) is 41.9 Å². The van der Waals surface area contributed by atoms with E-state index in [0.29, 0.717) is 17.0 Å². The molecule has 1 saturated carbocycles. The number of aromatic nitrogens is 1. The van der Waals surface area contributed by atoms with Gasteiger partial charge in [-0.25, -0.2) is 9.78 Å². The number of carbonyl (C=O) groups excluding carboxylic acids is 2. The lowest BCUT2D eigenvalue weighted by Gasteiger charge is -2.12. The molecule has 5 rings (SSSR count). The van der Waals surface area contributed by atoms with E-state index in [1.807, 2.05) is 48.5 Å². The fourth-order valence-electron chi connectivity index (χ4n) is 3.97. The highest BCUT2D eigenvalue weighted by molar-refractivity contribution is 6.30. The average Bonchev–Trinajstić information content (AvgIpc) is 3.51. The zero-order chi connectivity index (χ0) is 21.4.